The van der Waals surface area contributed by atoms with Crippen molar-refractivity contribution < 1.29 is 9.90 Å². The fourth-order valence-corrected chi connectivity index (χ4v) is 1.43. The van der Waals surface area contributed by atoms with Crippen molar-refractivity contribution >= 4 is 17.6 Å². The Morgan fingerprint density at radius 3 is 2.31 bits per heavy atom. The molecule has 0 saturated carbocycles. The Balaban J connectivity index is 2.82. The van der Waals surface area contributed by atoms with Gasteiger partial charge < -0.3 is 5.11 Å². The number of carboxylic acids is 1. The Morgan fingerprint density at radius 1 is 1.31 bits per heavy atom. The van der Waals surface area contributed by atoms with Crippen molar-refractivity contribution in [2.75, 3.05) is 0 Å². The minimum atomic E-state index is -0.849. The monoisotopic (exact) mass is 216 g/mol. The maximum absolute atomic E-state index is 10.5. The second kappa shape index (κ2) is 5.31. The minimum Gasteiger partial charge on any atom is -0.481 e. The van der Waals surface area contributed by atoms with Crippen LogP contribution in [0.2, 0.25) is 0 Å². The summed E-state index contributed by atoms with van der Waals surface area (Å²) in [5, 5.41) is 8.65. The average Bonchev–Trinajstić information content (AvgIpc) is 2.16. The number of aliphatic carboxylic acids is 1. The zero-order chi connectivity index (χ0) is 12.1. The van der Waals surface area contributed by atoms with Crippen LogP contribution in [0.1, 0.15) is 31.4 Å². The van der Waals surface area contributed by atoms with Gasteiger partial charge in [0.2, 0.25) is 0 Å². The molecule has 0 aliphatic rings. The van der Waals surface area contributed by atoms with Crippen molar-refractivity contribution in [2.24, 2.45) is 0 Å². The molecule has 1 rings (SSSR count). The van der Waals surface area contributed by atoms with Crippen LogP contribution in [0.5, 0.6) is 0 Å². The molecule has 16 heavy (non-hydrogen) atoms. The molecule has 0 unspecified atom stereocenters. The number of allylic oxidation sites excluding steroid dienone is 1. The predicted molar refractivity (Wildman–Crippen MR) is 67.1 cm³/mol. The summed E-state index contributed by atoms with van der Waals surface area (Å²) in [5.74, 6) is -0.849. The highest BCUT2D eigenvalue weighted by atomic mass is 16.4. The van der Waals surface area contributed by atoms with Gasteiger partial charge in [0.15, 0.2) is 0 Å². The van der Waals surface area contributed by atoms with Crippen LogP contribution in [0.25, 0.3) is 11.6 Å². The van der Waals surface area contributed by atoms with Gasteiger partial charge in [-0.3, -0.25) is 4.79 Å². The quantitative estimate of drug-likeness (QED) is 0.835. The van der Waals surface area contributed by atoms with Crippen molar-refractivity contribution in [2.45, 2.75) is 20.3 Å². The lowest BCUT2D eigenvalue weighted by Gasteiger charge is -2.03. The molecule has 0 fully saturated rings. The Labute approximate surface area is 95.9 Å². The third kappa shape index (κ3) is 3.73. The molecular formula is C14H16O2. The molecule has 0 radical (unpaired) electrons. The number of carboxylic acid groups (broad SMARTS) is 1. The molecule has 0 aliphatic carbocycles. The largest absolute Gasteiger partial charge is 0.481 e. The number of benzene rings is 1. The van der Waals surface area contributed by atoms with E-state index >= 15 is 0 Å². The maximum Gasteiger partial charge on any atom is 0.307 e. The fourth-order valence-electron chi connectivity index (χ4n) is 1.43. The zero-order valence-corrected chi connectivity index (χ0v) is 9.66. The standard InChI is InChI=1S/C14H16O2/c1-10(2)8-12-4-6-13(7-5-12)11(3)9-14(15)16/h4-8H,3,9H2,1-2H3,(H,15,16). The van der Waals surface area contributed by atoms with Gasteiger partial charge in [0.1, 0.15) is 0 Å². The highest BCUT2D eigenvalue weighted by Crippen LogP contribution is 2.17. The first-order valence-corrected chi connectivity index (χ1v) is 5.14. The highest BCUT2D eigenvalue weighted by Gasteiger charge is 2.03. The summed E-state index contributed by atoms with van der Waals surface area (Å²) in [6.45, 7) is 7.84. The van der Waals surface area contributed by atoms with E-state index in [1.165, 1.54) is 5.57 Å². The molecule has 84 valence electrons. The van der Waals surface area contributed by atoms with Crippen LogP contribution < -0.4 is 0 Å². The van der Waals surface area contributed by atoms with Crippen molar-refractivity contribution in [3.05, 3.63) is 47.5 Å². The van der Waals surface area contributed by atoms with Gasteiger partial charge in [0.05, 0.1) is 6.42 Å². The normalized spacial score (nSPS) is 9.62. The van der Waals surface area contributed by atoms with Gasteiger partial charge in [0.25, 0.3) is 0 Å². The molecule has 1 N–H and O–H groups in total. The lowest BCUT2D eigenvalue weighted by molar-refractivity contribution is -0.135. The molecule has 0 aliphatic heterocycles. The van der Waals surface area contributed by atoms with Gasteiger partial charge in [0, 0.05) is 0 Å². The van der Waals surface area contributed by atoms with E-state index in [4.69, 9.17) is 5.11 Å². The van der Waals surface area contributed by atoms with Crippen molar-refractivity contribution in [3.8, 4) is 0 Å². The second-order valence-corrected chi connectivity index (χ2v) is 4.02. The molecule has 2 nitrogen and oxygen atoms in total. The SMILES string of the molecule is C=C(CC(=O)O)c1ccc(C=C(C)C)cc1. The van der Waals surface area contributed by atoms with Crippen LogP contribution in [0, 0.1) is 0 Å². The number of rotatable bonds is 4. The summed E-state index contributed by atoms with van der Waals surface area (Å²) in [7, 11) is 0. The van der Waals surface area contributed by atoms with Gasteiger partial charge in [-0.05, 0) is 30.5 Å². The van der Waals surface area contributed by atoms with Gasteiger partial charge in [-0.2, -0.15) is 0 Å². The zero-order valence-electron chi connectivity index (χ0n) is 9.66. The summed E-state index contributed by atoms with van der Waals surface area (Å²) in [6, 6.07) is 7.74. The fraction of sp³-hybridized carbons (Fsp3) is 0.214. The summed E-state index contributed by atoms with van der Waals surface area (Å²) in [4.78, 5) is 10.5. The van der Waals surface area contributed by atoms with E-state index in [0.717, 1.165) is 11.1 Å². The van der Waals surface area contributed by atoms with Crippen LogP contribution in [0.3, 0.4) is 0 Å². The Kier molecular flexibility index (Phi) is 4.06. The first-order chi connectivity index (χ1) is 7.49. The Morgan fingerprint density at radius 2 is 1.88 bits per heavy atom. The molecule has 0 bridgehead atoms. The third-order valence-corrected chi connectivity index (χ3v) is 2.14. The van der Waals surface area contributed by atoms with E-state index in [-0.39, 0.29) is 6.42 Å². The van der Waals surface area contributed by atoms with Crippen LogP contribution in [0.15, 0.2) is 36.4 Å². The molecule has 0 spiro atoms. The molecule has 0 aromatic heterocycles. The molecule has 1 aromatic carbocycles. The van der Waals surface area contributed by atoms with E-state index in [0.29, 0.717) is 5.57 Å². The van der Waals surface area contributed by atoms with E-state index in [9.17, 15) is 4.79 Å². The molecule has 0 amide bonds. The van der Waals surface area contributed by atoms with Gasteiger partial charge in [-0.15, -0.1) is 0 Å². The number of carbonyl (C=O) groups is 1. The smallest absolute Gasteiger partial charge is 0.307 e. The molecule has 1 aromatic rings. The van der Waals surface area contributed by atoms with Gasteiger partial charge in [-0.25, -0.2) is 0 Å². The van der Waals surface area contributed by atoms with Crippen LogP contribution in [0.4, 0.5) is 0 Å². The third-order valence-electron chi connectivity index (χ3n) is 2.14. The average molecular weight is 216 g/mol. The van der Waals surface area contributed by atoms with Crippen LogP contribution >= 0.6 is 0 Å². The molecule has 0 heterocycles. The van der Waals surface area contributed by atoms with E-state index in [1.807, 2.05) is 38.1 Å². The highest BCUT2D eigenvalue weighted by molar-refractivity contribution is 5.83. The minimum absolute atomic E-state index is 0.0119. The summed E-state index contributed by atoms with van der Waals surface area (Å²) in [5.41, 5.74) is 3.87. The number of hydrogen-bond acceptors (Lipinski definition) is 1. The van der Waals surface area contributed by atoms with E-state index < -0.39 is 5.97 Å². The van der Waals surface area contributed by atoms with Gasteiger partial charge in [-0.1, -0.05) is 42.5 Å². The Bertz CT molecular complexity index is 421. The molecular weight excluding hydrogens is 200 g/mol. The lowest BCUT2D eigenvalue weighted by atomic mass is 10.0. The topological polar surface area (TPSA) is 37.3 Å². The van der Waals surface area contributed by atoms with Crippen LogP contribution in [-0.2, 0) is 4.79 Å². The Hall–Kier alpha value is -1.83. The van der Waals surface area contributed by atoms with Gasteiger partial charge >= 0.3 is 5.97 Å². The molecule has 2 heteroatoms. The predicted octanol–water partition coefficient (Wildman–Crippen LogP) is 3.60. The first kappa shape index (κ1) is 12.2. The van der Waals surface area contributed by atoms with Crippen molar-refractivity contribution in [3.63, 3.8) is 0 Å². The summed E-state index contributed by atoms with van der Waals surface area (Å²) in [6.07, 6.45) is 2.06. The van der Waals surface area contributed by atoms with Crippen molar-refractivity contribution in [1.82, 2.24) is 0 Å². The number of hydrogen-bond donors (Lipinski definition) is 1. The van der Waals surface area contributed by atoms with Crippen LogP contribution in [-0.4, -0.2) is 11.1 Å². The lowest BCUT2D eigenvalue weighted by Crippen LogP contribution is -1.95. The van der Waals surface area contributed by atoms with Crippen molar-refractivity contribution in [1.29, 1.82) is 0 Å². The summed E-state index contributed by atoms with van der Waals surface area (Å²) < 4.78 is 0. The first-order valence-electron chi connectivity index (χ1n) is 5.14. The second-order valence-electron chi connectivity index (χ2n) is 4.02. The van der Waals surface area contributed by atoms with E-state index in [1.54, 1.807) is 0 Å². The molecule has 0 atom stereocenters. The van der Waals surface area contributed by atoms with E-state index in [2.05, 4.69) is 12.7 Å². The maximum atomic E-state index is 10.5. The summed E-state index contributed by atoms with van der Waals surface area (Å²) >= 11 is 0. The molecule has 0 saturated heterocycles.